The van der Waals surface area contributed by atoms with Gasteiger partial charge in [0.15, 0.2) is 0 Å². The standard InChI is InChI=1S/C20H20ClN3O4/c21-14-5-7-16(8-6-14)28-17-9-10-24(12-17)11-15(25)13-27-19-4-2-1-3-18(19)23-20(22)26/h1-10,12,15,25H,11,13H2,(H3,22,23,26). The van der Waals surface area contributed by atoms with Crippen LogP contribution in [0.15, 0.2) is 67.0 Å². The maximum Gasteiger partial charge on any atom is 0.316 e. The summed E-state index contributed by atoms with van der Waals surface area (Å²) in [5, 5.41) is 13.4. The van der Waals surface area contributed by atoms with Crippen molar-refractivity contribution in [3.8, 4) is 17.2 Å². The monoisotopic (exact) mass is 401 g/mol. The second kappa shape index (κ2) is 9.16. The Labute approximate surface area is 167 Å². The average molecular weight is 402 g/mol. The van der Waals surface area contributed by atoms with Crippen LogP contribution in [-0.2, 0) is 6.54 Å². The number of amides is 2. The minimum Gasteiger partial charge on any atom is -0.489 e. The van der Waals surface area contributed by atoms with Gasteiger partial charge in [-0.1, -0.05) is 23.7 Å². The molecule has 1 aromatic heterocycles. The fourth-order valence-corrected chi connectivity index (χ4v) is 2.67. The smallest absolute Gasteiger partial charge is 0.316 e. The maximum atomic E-state index is 11.0. The molecule has 3 aromatic rings. The van der Waals surface area contributed by atoms with E-state index in [1.165, 1.54) is 0 Å². The topological polar surface area (TPSA) is 98.7 Å². The third kappa shape index (κ3) is 5.67. The lowest BCUT2D eigenvalue weighted by atomic mass is 10.3. The molecule has 0 radical (unpaired) electrons. The van der Waals surface area contributed by atoms with E-state index in [0.29, 0.717) is 34.5 Å². The van der Waals surface area contributed by atoms with Crippen LogP contribution >= 0.6 is 11.6 Å². The third-order valence-corrected chi connectivity index (χ3v) is 4.02. The van der Waals surface area contributed by atoms with Crippen LogP contribution in [0, 0.1) is 0 Å². The van der Waals surface area contributed by atoms with Gasteiger partial charge in [0.05, 0.1) is 12.2 Å². The van der Waals surface area contributed by atoms with E-state index in [2.05, 4.69) is 5.32 Å². The summed E-state index contributed by atoms with van der Waals surface area (Å²) in [6.45, 7) is 0.360. The van der Waals surface area contributed by atoms with Crippen molar-refractivity contribution in [2.75, 3.05) is 11.9 Å². The number of benzene rings is 2. The zero-order valence-corrected chi connectivity index (χ0v) is 15.7. The number of primary amides is 1. The molecule has 4 N–H and O–H groups in total. The van der Waals surface area contributed by atoms with Crippen LogP contribution < -0.4 is 20.5 Å². The number of carbonyl (C=O) groups is 1. The van der Waals surface area contributed by atoms with Crippen molar-refractivity contribution in [2.24, 2.45) is 5.73 Å². The molecule has 1 atom stereocenters. The molecule has 3 rings (SSSR count). The number of nitrogens with zero attached hydrogens (tertiary/aromatic N) is 1. The van der Waals surface area contributed by atoms with E-state index in [1.54, 1.807) is 71.6 Å². The molecule has 0 aliphatic heterocycles. The highest BCUT2D eigenvalue weighted by Gasteiger charge is 2.10. The van der Waals surface area contributed by atoms with Gasteiger partial charge in [0.25, 0.3) is 0 Å². The van der Waals surface area contributed by atoms with Gasteiger partial charge in [-0.15, -0.1) is 0 Å². The number of aromatic nitrogens is 1. The number of hydrogen-bond donors (Lipinski definition) is 3. The Morgan fingerprint density at radius 1 is 1.14 bits per heavy atom. The van der Waals surface area contributed by atoms with Crippen molar-refractivity contribution in [3.05, 3.63) is 72.0 Å². The van der Waals surface area contributed by atoms with Crippen molar-refractivity contribution in [2.45, 2.75) is 12.6 Å². The summed E-state index contributed by atoms with van der Waals surface area (Å²) in [5.74, 6) is 1.75. The van der Waals surface area contributed by atoms with Crippen molar-refractivity contribution in [3.63, 3.8) is 0 Å². The molecule has 7 nitrogen and oxygen atoms in total. The highest BCUT2D eigenvalue weighted by Crippen LogP contribution is 2.25. The van der Waals surface area contributed by atoms with E-state index in [1.807, 2.05) is 0 Å². The molecule has 2 aromatic carbocycles. The molecule has 0 aliphatic rings. The van der Waals surface area contributed by atoms with E-state index in [0.717, 1.165) is 0 Å². The second-order valence-corrected chi connectivity index (χ2v) is 6.49. The minimum atomic E-state index is -0.766. The van der Waals surface area contributed by atoms with E-state index in [4.69, 9.17) is 26.8 Å². The second-order valence-electron chi connectivity index (χ2n) is 6.05. The fourth-order valence-electron chi connectivity index (χ4n) is 2.54. The summed E-state index contributed by atoms with van der Waals surface area (Å²) in [4.78, 5) is 11.0. The Kier molecular flexibility index (Phi) is 6.41. The van der Waals surface area contributed by atoms with E-state index in [9.17, 15) is 9.90 Å². The number of aliphatic hydroxyl groups is 1. The van der Waals surface area contributed by atoms with Gasteiger partial charge >= 0.3 is 6.03 Å². The molecule has 0 saturated heterocycles. The first-order valence-electron chi connectivity index (χ1n) is 8.55. The SMILES string of the molecule is NC(=O)Nc1ccccc1OCC(O)Cn1ccc(Oc2ccc(Cl)cc2)c1. The number of ether oxygens (including phenoxy) is 2. The van der Waals surface area contributed by atoms with E-state index < -0.39 is 12.1 Å². The van der Waals surface area contributed by atoms with Crippen LogP contribution in [0.3, 0.4) is 0 Å². The molecule has 1 heterocycles. The average Bonchev–Trinajstić information content (AvgIpc) is 3.09. The Morgan fingerprint density at radius 2 is 1.89 bits per heavy atom. The zero-order chi connectivity index (χ0) is 19.9. The summed E-state index contributed by atoms with van der Waals surface area (Å²) in [7, 11) is 0. The molecule has 0 saturated carbocycles. The first-order chi connectivity index (χ1) is 13.5. The van der Waals surface area contributed by atoms with Gasteiger partial charge in [0, 0.05) is 17.4 Å². The number of halogens is 1. The number of rotatable bonds is 8. The predicted molar refractivity (Wildman–Crippen MR) is 107 cm³/mol. The Morgan fingerprint density at radius 3 is 2.64 bits per heavy atom. The molecule has 28 heavy (non-hydrogen) atoms. The summed E-state index contributed by atoms with van der Waals surface area (Å²) in [6.07, 6.45) is 2.81. The maximum absolute atomic E-state index is 11.0. The van der Waals surface area contributed by atoms with Gasteiger partial charge in [-0.3, -0.25) is 0 Å². The van der Waals surface area contributed by atoms with Crippen molar-refractivity contribution in [1.29, 1.82) is 0 Å². The number of nitrogens with two attached hydrogens (primary N) is 1. The first kappa shape index (κ1) is 19.6. The molecular formula is C20H20ClN3O4. The first-order valence-corrected chi connectivity index (χ1v) is 8.93. The number of carbonyl (C=O) groups excluding carboxylic acids is 1. The molecule has 1 unspecified atom stereocenters. The number of aliphatic hydroxyl groups excluding tert-OH is 1. The van der Waals surface area contributed by atoms with Crippen molar-refractivity contribution in [1.82, 2.24) is 4.57 Å². The lowest BCUT2D eigenvalue weighted by Crippen LogP contribution is -2.24. The van der Waals surface area contributed by atoms with Gasteiger partial charge in [-0.2, -0.15) is 0 Å². The summed E-state index contributed by atoms with van der Waals surface area (Å²) < 4.78 is 13.1. The molecule has 2 amide bonds. The van der Waals surface area contributed by atoms with Gasteiger partial charge < -0.3 is 30.2 Å². The molecule has 0 fully saturated rings. The summed E-state index contributed by atoms with van der Waals surface area (Å²) in [6, 6.07) is 15.0. The van der Waals surface area contributed by atoms with E-state index in [-0.39, 0.29) is 6.61 Å². The van der Waals surface area contributed by atoms with Gasteiger partial charge in [0.2, 0.25) is 0 Å². The predicted octanol–water partition coefficient (Wildman–Crippen LogP) is 3.86. The third-order valence-electron chi connectivity index (χ3n) is 3.77. The van der Waals surface area contributed by atoms with Crippen LogP contribution in [0.5, 0.6) is 17.2 Å². The van der Waals surface area contributed by atoms with Gasteiger partial charge in [-0.05, 0) is 42.5 Å². The zero-order valence-electron chi connectivity index (χ0n) is 14.9. The van der Waals surface area contributed by atoms with Crippen molar-refractivity contribution < 1.29 is 19.4 Å². The Balaban J connectivity index is 1.53. The molecule has 0 aliphatic carbocycles. The Bertz CT molecular complexity index is 927. The number of nitrogens with one attached hydrogen (secondary N) is 1. The Hall–Kier alpha value is -3.16. The molecule has 146 valence electrons. The quantitative estimate of drug-likeness (QED) is 0.533. The lowest BCUT2D eigenvalue weighted by molar-refractivity contribution is 0.0929. The lowest BCUT2D eigenvalue weighted by Gasteiger charge is -2.15. The van der Waals surface area contributed by atoms with Crippen LogP contribution in [-0.4, -0.2) is 28.4 Å². The fraction of sp³-hybridized carbons (Fsp3) is 0.150. The number of anilines is 1. The molecule has 0 spiro atoms. The molecule has 0 bridgehead atoms. The minimum absolute atomic E-state index is 0.0447. The van der Waals surface area contributed by atoms with Gasteiger partial charge in [-0.25, -0.2) is 4.79 Å². The van der Waals surface area contributed by atoms with Crippen LogP contribution in [0.4, 0.5) is 10.5 Å². The highest BCUT2D eigenvalue weighted by molar-refractivity contribution is 6.30. The largest absolute Gasteiger partial charge is 0.489 e. The highest BCUT2D eigenvalue weighted by atomic mass is 35.5. The number of para-hydroxylation sites is 2. The summed E-state index contributed by atoms with van der Waals surface area (Å²) in [5.41, 5.74) is 5.59. The van der Waals surface area contributed by atoms with E-state index >= 15 is 0 Å². The normalized spacial score (nSPS) is 11.6. The van der Waals surface area contributed by atoms with Crippen molar-refractivity contribution >= 4 is 23.3 Å². The van der Waals surface area contributed by atoms with Crippen LogP contribution in [0.1, 0.15) is 0 Å². The van der Waals surface area contributed by atoms with Crippen LogP contribution in [0.25, 0.3) is 0 Å². The van der Waals surface area contributed by atoms with Crippen LogP contribution in [0.2, 0.25) is 5.02 Å². The molecule has 8 heteroatoms. The number of hydrogen-bond acceptors (Lipinski definition) is 4. The van der Waals surface area contributed by atoms with Gasteiger partial charge in [0.1, 0.15) is 30.0 Å². The molecular weight excluding hydrogens is 382 g/mol. The summed E-state index contributed by atoms with van der Waals surface area (Å²) >= 11 is 5.86. The number of urea groups is 1.